The minimum absolute atomic E-state index is 0.144. The van der Waals surface area contributed by atoms with E-state index in [0.717, 1.165) is 5.69 Å². The van der Waals surface area contributed by atoms with Gasteiger partial charge in [-0.3, -0.25) is 9.78 Å². The number of benzene rings is 1. The summed E-state index contributed by atoms with van der Waals surface area (Å²) in [5.41, 5.74) is 1.37. The third kappa shape index (κ3) is 6.94. The number of hydrogen-bond acceptors (Lipinski definition) is 6. The first-order valence-electron chi connectivity index (χ1n) is 10.2. The first-order valence-corrected chi connectivity index (χ1v) is 10.2. The number of carbonyl (C=O) groups excluding carboxylic acids is 2. The number of rotatable bonds is 8. The molecular weight excluding hydrogens is 400 g/mol. The summed E-state index contributed by atoms with van der Waals surface area (Å²) in [6.45, 7) is 0.0978. The number of aromatic nitrogens is 1. The fraction of sp³-hybridized carbons (Fsp3) is 0.409. The lowest BCUT2D eigenvalue weighted by molar-refractivity contribution is -0.130. The highest BCUT2D eigenvalue weighted by molar-refractivity contribution is 5.89. The van der Waals surface area contributed by atoms with Crippen molar-refractivity contribution in [3.63, 3.8) is 0 Å². The monoisotopic (exact) mass is 428 g/mol. The van der Waals surface area contributed by atoms with E-state index in [9.17, 15) is 14.7 Å². The van der Waals surface area contributed by atoms with Crippen molar-refractivity contribution >= 4 is 17.6 Å². The molecule has 3 atom stereocenters. The van der Waals surface area contributed by atoms with Crippen LogP contribution in [0.2, 0.25) is 0 Å². The average molecular weight is 428 g/mol. The second-order valence-corrected chi connectivity index (χ2v) is 7.30. The Morgan fingerprint density at radius 1 is 1.23 bits per heavy atom. The van der Waals surface area contributed by atoms with E-state index in [1.165, 1.54) is 0 Å². The molecule has 1 aromatic heterocycles. The van der Waals surface area contributed by atoms with Gasteiger partial charge in [0.05, 0.1) is 44.5 Å². The number of anilines is 1. The molecule has 0 spiro atoms. The number of pyridine rings is 1. The van der Waals surface area contributed by atoms with E-state index in [0.29, 0.717) is 30.8 Å². The van der Waals surface area contributed by atoms with Gasteiger partial charge in [-0.25, -0.2) is 4.79 Å². The first kappa shape index (κ1) is 22.5. The molecule has 166 valence electrons. The molecule has 0 unspecified atom stereocenters. The van der Waals surface area contributed by atoms with E-state index in [1.807, 2.05) is 18.2 Å². The number of carbonyl (C=O) groups is 2. The minimum atomic E-state index is -0.585. The molecule has 1 aliphatic rings. The topological polar surface area (TPSA) is 122 Å². The van der Waals surface area contributed by atoms with Crippen LogP contribution < -0.4 is 20.7 Å². The highest BCUT2D eigenvalue weighted by atomic mass is 16.5. The zero-order valence-corrected chi connectivity index (χ0v) is 17.4. The molecule has 9 heteroatoms. The molecule has 2 heterocycles. The smallest absolute Gasteiger partial charge is 0.319 e. The van der Waals surface area contributed by atoms with Gasteiger partial charge in [0.15, 0.2) is 0 Å². The Morgan fingerprint density at radius 2 is 2.10 bits per heavy atom. The maximum Gasteiger partial charge on any atom is 0.319 e. The largest absolute Gasteiger partial charge is 0.497 e. The highest BCUT2D eigenvalue weighted by Crippen LogP contribution is 2.22. The first-order chi connectivity index (χ1) is 15.1. The summed E-state index contributed by atoms with van der Waals surface area (Å²) < 4.78 is 11.0. The minimum Gasteiger partial charge on any atom is -0.497 e. The summed E-state index contributed by atoms with van der Waals surface area (Å²) in [7, 11) is 1.56. The molecule has 0 bridgehead atoms. The van der Waals surface area contributed by atoms with Crippen molar-refractivity contribution in [1.29, 1.82) is 0 Å². The standard InChI is InChI=1S/C22H28N4O5/c1-30-17-7-4-6-15(11-17)25-22(29)26-19-9-8-18(31-20(19)14-27)12-21(28)24-13-16-5-2-3-10-23-16/h2-7,10-11,18-20,27H,8-9,12-14H2,1H3,(H,24,28)(H2,25,26,29)/t18-,19-,20-/m0/s1. The highest BCUT2D eigenvalue weighted by Gasteiger charge is 2.32. The summed E-state index contributed by atoms with van der Waals surface area (Å²) in [6.07, 6.45) is 2.15. The van der Waals surface area contributed by atoms with Crippen LogP contribution >= 0.6 is 0 Å². The maximum atomic E-state index is 12.4. The normalized spacial score (nSPS) is 20.5. The van der Waals surface area contributed by atoms with E-state index in [4.69, 9.17) is 9.47 Å². The van der Waals surface area contributed by atoms with Gasteiger partial charge < -0.3 is 30.5 Å². The third-order valence-corrected chi connectivity index (χ3v) is 5.05. The van der Waals surface area contributed by atoms with Crippen molar-refractivity contribution < 1.29 is 24.2 Å². The lowest BCUT2D eigenvalue weighted by Crippen LogP contribution is -2.52. The van der Waals surface area contributed by atoms with Crippen LogP contribution in [0.15, 0.2) is 48.7 Å². The van der Waals surface area contributed by atoms with Gasteiger partial charge >= 0.3 is 6.03 Å². The van der Waals surface area contributed by atoms with Crippen molar-refractivity contribution in [2.24, 2.45) is 0 Å². The third-order valence-electron chi connectivity index (χ3n) is 5.05. The SMILES string of the molecule is COc1cccc(NC(=O)N[C@H]2CC[C@@H](CC(=O)NCc3ccccn3)O[C@H]2CO)c1. The fourth-order valence-corrected chi connectivity index (χ4v) is 3.45. The predicted molar refractivity (Wildman–Crippen MR) is 115 cm³/mol. The van der Waals surface area contributed by atoms with Gasteiger partial charge in [0, 0.05) is 18.0 Å². The van der Waals surface area contributed by atoms with Gasteiger partial charge in [0.2, 0.25) is 5.91 Å². The number of ether oxygens (including phenoxy) is 2. The summed E-state index contributed by atoms with van der Waals surface area (Å²) in [5.74, 6) is 0.491. The van der Waals surface area contributed by atoms with Crippen molar-refractivity contribution in [1.82, 2.24) is 15.6 Å². The van der Waals surface area contributed by atoms with Gasteiger partial charge in [-0.1, -0.05) is 12.1 Å². The second kappa shape index (κ2) is 11.3. The van der Waals surface area contributed by atoms with Crippen LogP contribution in [0.4, 0.5) is 10.5 Å². The van der Waals surface area contributed by atoms with Gasteiger partial charge in [-0.05, 0) is 37.1 Å². The van der Waals surface area contributed by atoms with Crippen molar-refractivity contribution in [3.05, 3.63) is 54.4 Å². The van der Waals surface area contributed by atoms with Gasteiger partial charge in [0.1, 0.15) is 11.9 Å². The number of urea groups is 1. The van der Waals surface area contributed by atoms with Gasteiger partial charge in [0.25, 0.3) is 0 Å². The molecule has 1 fully saturated rings. The average Bonchev–Trinajstić information content (AvgIpc) is 2.79. The number of hydrogen-bond donors (Lipinski definition) is 4. The summed E-state index contributed by atoms with van der Waals surface area (Å²) in [5, 5.41) is 18.1. The van der Waals surface area contributed by atoms with Crippen molar-refractivity contribution in [3.8, 4) is 5.75 Å². The van der Waals surface area contributed by atoms with Crippen molar-refractivity contribution in [2.45, 2.75) is 44.1 Å². The Kier molecular flexibility index (Phi) is 8.19. The fourth-order valence-electron chi connectivity index (χ4n) is 3.45. The molecule has 0 radical (unpaired) electrons. The Balaban J connectivity index is 1.45. The molecule has 0 aliphatic carbocycles. The van der Waals surface area contributed by atoms with Crippen LogP contribution in [0.5, 0.6) is 5.75 Å². The number of amides is 3. The lowest BCUT2D eigenvalue weighted by atomic mass is 9.97. The molecule has 3 rings (SSSR count). The predicted octanol–water partition coefficient (Wildman–Crippen LogP) is 1.83. The van der Waals surface area contributed by atoms with E-state index in [2.05, 4.69) is 20.9 Å². The van der Waals surface area contributed by atoms with Crippen LogP contribution in [0.25, 0.3) is 0 Å². The number of nitrogens with zero attached hydrogens (tertiary/aromatic N) is 1. The maximum absolute atomic E-state index is 12.4. The molecular formula is C22H28N4O5. The molecule has 1 saturated heterocycles. The molecule has 1 aromatic carbocycles. The molecule has 3 amide bonds. The molecule has 31 heavy (non-hydrogen) atoms. The number of aliphatic hydroxyl groups is 1. The summed E-state index contributed by atoms with van der Waals surface area (Å²) in [4.78, 5) is 28.7. The molecule has 2 aromatic rings. The molecule has 4 N–H and O–H groups in total. The zero-order chi connectivity index (χ0) is 22.1. The van der Waals surface area contributed by atoms with E-state index < -0.39 is 12.1 Å². The van der Waals surface area contributed by atoms with Crippen LogP contribution in [0, 0.1) is 0 Å². The van der Waals surface area contributed by atoms with Crippen LogP contribution in [-0.4, -0.2) is 54.0 Å². The molecule has 9 nitrogen and oxygen atoms in total. The quantitative estimate of drug-likeness (QED) is 0.509. The Hall–Kier alpha value is -3.17. The van der Waals surface area contributed by atoms with Crippen LogP contribution in [0.3, 0.4) is 0 Å². The summed E-state index contributed by atoms with van der Waals surface area (Å²) >= 11 is 0. The Morgan fingerprint density at radius 3 is 2.84 bits per heavy atom. The number of nitrogens with one attached hydrogen (secondary N) is 3. The van der Waals surface area contributed by atoms with Gasteiger partial charge in [-0.2, -0.15) is 0 Å². The number of methoxy groups -OCH3 is 1. The van der Waals surface area contributed by atoms with Crippen molar-refractivity contribution in [2.75, 3.05) is 19.0 Å². The van der Waals surface area contributed by atoms with E-state index in [1.54, 1.807) is 37.6 Å². The van der Waals surface area contributed by atoms with Gasteiger partial charge in [-0.15, -0.1) is 0 Å². The van der Waals surface area contributed by atoms with E-state index in [-0.39, 0.29) is 31.1 Å². The summed E-state index contributed by atoms with van der Waals surface area (Å²) in [6, 6.07) is 11.8. The zero-order valence-electron chi connectivity index (χ0n) is 17.4. The van der Waals surface area contributed by atoms with Crippen LogP contribution in [-0.2, 0) is 16.1 Å². The second-order valence-electron chi connectivity index (χ2n) is 7.30. The Bertz CT molecular complexity index is 864. The molecule has 1 aliphatic heterocycles. The van der Waals surface area contributed by atoms with Crippen LogP contribution in [0.1, 0.15) is 25.0 Å². The Labute approximate surface area is 181 Å². The molecule has 0 saturated carbocycles. The number of aliphatic hydroxyl groups excluding tert-OH is 1. The van der Waals surface area contributed by atoms with E-state index >= 15 is 0 Å². The lowest BCUT2D eigenvalue weighted by Gasteiger charge is -2.35.